The highest BCUT2D eigenvalue weighted by molar-refractivity contribution is 5.86. The molecule has 0 N–H and O–H groups in total. The Morgan fingerprint density at radius 3 is 2.41 bits per heavy atom. The fourth-order valence-electron chi connectivity index (χ4n) is 2.80. The van der Waals surface area contributed by atoms with Crippen molar-refractivity contribution in [3.05, 3.63) is 23.9 Å². The van der Waals surface area contributed by atoms with Crippen LogP contribution in [-0.4, -0.2) is 60.7 Å². The zero-order valence-corrected chi connectivity index (χ0v) is 18.1. The van der Waals surface area contributed by atoms with Crippen LogP contribution in [0.3, 0.4) is 0 Å². The number of hydrogen-bond acceptors (Lipinski definition) is 6. The molecule has 1 aliphatic rings. The number of likely N-dealkylation sites (tertiary alicyclic amines) is 1. The molecule has 0 atom stereocenters. The highest BCUT2D eigenvalue weighted by atomic mass is 16.6. The van der Waals surface area contributed by atoms with Crippen molar-refractivity contribution < 1.29 is 23.9 Å². The van der Waals surface area contributed by atoms with E-state index in [1.54, 1.807) is 6.20 Å². The predicted molar refractivity (Wildman–Crippen MR) is 111 cm³/mol. The third-order valence-electron chi connectivity index (χ3n) is 4.12. The first kappa shape index (κ1) is 24.4. The van der Waals surface area contributed by atoms with Crippen molar-refractivity contribution >= 4 is 24.3 Å². The Hall–Kier alpha value is -2.64. The molecule has 0 unspecified atom stereocenters. The second kappa shape index (κ2) is 12.0. The van der Waals surface area contributed by atoms with Gasteiger partial charge >= 0.3 is 6.09 Å². The number of pyridine rings is 1. The van der Waals surface area contributed by atoms with Gasteiger partial charge in [0.25, 0.3) is 6.47 Å². The van der Waals surface area contributed by atoms with E-state index in [4.69, 9.17) is 9.53 Å². The Labute approximate surface area is 173 Å². The van der Waals surface area contributed by atoms with E-state index >= 15 is 0 Å². The van der Waals surface area contributed by atoms with Crippen LogP contribution in [0.2, 0.25) is 0 Å². The van der Waals surface area contributed by atoms with Crippen molar-refractivity contribution in [1.29, 1.82) is 0 Å². The number of carbonyl (C=O) groups is 3. The van der Waals surface area contributed by atoms with Crippen LogP contribution in [0.15, 0.2) is 18.3 Å². The molecule has 29 heavy (non-hydrogen) atoms. The molecule has 8 nitrogen and oxygen atoms in total. The van der Waals surface area contributed by atoms with Gasteiger partial charge < -0.3 is 14.4 Å². The van der Waals surface area contributed by atoms with Crippen molar-refractivity contribution in [1.82, 2.24) is 9.88 Å². The van der Waals surface area contributed by atoms with Crippen LogP contribution in [0.5, 0.6) is 0 Å². The molecule has 1 aliphatic heterocycles. The molecule has 2 heterocycles. The quantitative estimate of drug-likeness (QED) is 0.672. The summed E-state index contributed by atoms with van der Waals surface area (Å²) in [6.45, 7) is 9.96. The maximum absolute atomic E-state index is 12.6. The molecular formula is C21H33N3O5. The number of anilines is 1. The van der Waals surface area contributed by atoms with E-state index in [0.29, 0.717) is 31.7 Å². The van der Waals surface area contributed by atoms with E-state index in [2.05, 4.69) is 9.72 Å². The first-order chi connectivity index (χ1) is 13.7. The molecule has 0 aromatic carbocycles. The summed E-state index contributed by atoms with van der Waals surface area (Å²) in [5.41, 5.74) is 0.441. The zero-order valence-electron chi connectivity index (χ0n) is 18.1. The second-order valence-electron chi connectivity index (χ2n) is 7.85. The van der Waals surface area contributed by atoms with Gasteiger partial charge in [0, 0.05) is 32.3 Å². The van der Waals surface area contributed by atoms with E-state index in [1.165, 1.54) is 12.0 Å². The van der Waals surface area contributed by atoms with Gasteiger partial charge in [-0.1, -0.05) is 0 Å². The summed E-state index contributed by atoms with van der Waals surface area (Å²) in [5, 5.41) is 0. The van der Waals surface area contributed by atoms with Crippen LogP contribution in [-0.2, 0) is 19.1 Å². The van der Waals surface area contributed by atoms with Gasteiger partial charge in [0.1, 0.15) is 11.4 Å². The molecule has 1 aromatic heterocycles. The van der Waals surface area contributed by atoms with Crippen molar-refractivity contribution in [2.75, 3.05) is 31.6 Å². The van der Waals surface area contributed by atoms with Gasteiger partial charge in [-0.25, -0.2) is 9.78 Å². The average molecular weight is 408 g/mol. The van der Waals surface area contributed by atoms with E-state index in [1.807, 2.05) is 44.7 Å². The predicted octanol–water partition coefficient (Wildman–Crippen LogP) is 3.32. The molecular weight excluding hydrogens is 374 g/mol. The largest absolute Gasteiger partial charge is 0.471 e. The lowest BCUT2D eigenvalue weighted by molar-refractivity contribution is -0.130. The maximum Gasteiger partial charge on any atom is 0.416 e. The Morgan fingerprint density at radius 1 is 1.28 bits per heavy atom. The monoisotopic (exact) mass is 407 g/mol. The number of ether oxygens (including phenoxy) is 2. The number of methoxy groups -OCH3 is 1. The van der Waals surface area contributed by atoms with Crippen LogP contribution in [0.4, 0.5) is 10.6 Å². The van der Waals surface area contributed by atoms with E-state index in [-0.39, 0.29) is 5.91 Å². The summed E-state index contributed by atoms with van der Waals surface area (Å²) in [4.78, 5) is 41.4. The highest BCUT2D eigenvalue weighted by Gasteiger charge is 2.25. The third kappa shape index (κ3) is 9.40. The number of aromatic nitrogens is 1. The first-order valence-corrected chi connectivity index (χ1v) is 9.85. The van der Waals surface area contributed by atoms with Gasteiger partial charge in [-0.3, -0.25) is 14.5 Å². The van der Waals surface area contributed by atoms with Gasteiger partial charge in [0.05, 0.1) is 7.11 Å². The van der Waals surface area contributed by atoms with Crippen LogP contribution in [0.1, 0.15) is 52.0 Å². The lowest BCUT2D eigenvalue weighted by Gasteiger charge is -2.27. The molecule has 0 bridgehead atoms. The minimum absolute atomic E-state index is 0.166. The average Bonchev–Trinajstić information content (AvgIpc) is 3.18. The maximum atomic E-state index is 12.6. The number of nitrogens with zero attached hydrogens (tertiary/aromatic N) is 3. The number of amides is 2. The SMILES string of the molecule is COC=O.Cc1ccnc(N(CCCC(=O)N2CCCC2)C(=O)OC(C)(C)C)c1. The van der Waals surface area contributed by atoms with Crippen LogP contribution >= 0.6 is 0 Å². The molecule has 0 spiro atoms. The summed E-state index contributed by atoms with van der Waals surface area (Å²) in [6.07, 6.45) is 4.44. The minimum atomic E-state index is -0.579. The molecule has 2 amide bonds. The normalized spacial score (nSPS) is 13.2. The number of hydrogen-bond donors (Lipinski definition) is 0. The number of carbonyl (C=O) groups excluding carboxylic acids is 3. The molecule has 162 valence electrons. The van der Waals surface area contributed by atoms with Gasteiger partial charge in [-0.15, -0.1) is 0 Å². The molecule has 1 fully saturated rings. The minimum Gasteiger partial charge on any atom is -0.471 e. The molecule has 0 radical (unpaired) electrons. The van der Waals surface area contributed by atoms with Crippen molar-refractivity contribution in [3.63, 3.8) is 0 Å². The Kier molecular flexibility index (Phi) is 10.1. The zero-order chi connectivity index (χ0) is 21.9. The summed E-state index contributed by atoms with van der Waals surface area (Å²) < 4.78 is 9.36. The van der Waals surface area contributed by atoms with Crippen molar-refractivity contribution in [2.24, 2.45) is 0 Å². The van der Waals surface area contributed by atoms with Crippen LogP contribution < -0.4 is 4.90 Å². The second-order valence-corrected chi connectivity index (χ2v) is 7.85. The van der Waals surface area contributed by atoms with Gasteiger partial charge in [0.15, 0.2) is 0 Å². The molecule has 1 aromatic rings. The Morgan fingerprint density at radius 2 is 1.90 bits per heavy atom. The number of rotatable bonds is 6. The summed E-state index contributed by atoms with van der Waals surface area (Å²) >= 11 is 0. The first-order valence-electron chi connectivity index (χ1n) is 9.85. The lowest BCUT2D eigenvalue weighted by atomic mass is 10.2. The standard InChI is InChI=1S/C19H29N3O3.C2H4O2/c1-15-9-10-20-16(14-15)22(18(24)25-19(2,3)4)13-7-8-17(23)21-11-5-6-12-21;1-4-2-3/h9-10,14H,5-8,11-13H2,1-4H3;2H,1H3. The van der Waals surface area contributed by atoms with Crippen molar-refractivity contribution in [3.8, 4) is 0 Å². The van der Waals surface area contributed by atoms with E-state index < -0.39 is 11.7 Å². The van der Waals surface area contributed by atoms with E-state index in [9.17, 15) is 9.59 Å². The molecule has 0 saturated carbocycles. The fraction of sp³-hybridized carbons (Fsp3) is 0.619. The summed E-state index contributed by atoms with van der Waals surface area (Å²) in [7, 11) is 1.31. The number of aryl methyl sites for hydroxylation is 1. The lowest BCUT2D eigenvalue weighted by Crippen LogP contribution is -2.38. The van der Waals surface area contributed by atoms with Gasteiger partial charge in [0.2, 0.25) is 5.91 Å². The van der Waals surface area contributed by atoms with E-state index in [0.717, 1.165) is 31.5 Å². The summed E-state index contributed by atoms with van der Waals surface area (Å²) in [5.74, 6) is 0.724. The van der Waals surface area contributed by atoms with Crippen LogP contribution in [0.25, 0.3) is 0 Å². The molecule has 8 heteroatoms. The van der Waals surface area contributed by atoms with Crippen molar-refractivity contribution in [2.45, 2.75) is 59.0 Å². The smallest absolute Gasteiger partial charge is 0.416 e. The van der Waals surface area contributed by atoms with Gasteiger partial charge in [-0.05, 0) is 64.7 Å². The summed E-state index contributed by atoms with van der Waals surface area (Å²) in [6, 6.07) is 3.74. The Bertz CT molecular complexity index is 667. The molecule has 1 saturated heterocycles. The van der Waals surface area contributed by atoms with Crippen LogP contribution in [0, 0.1) is 6.92 Å². The fourth-order valence-corrected chi connectivity index (χ4v) is 2.80. The third-order valence-corrected chi connectivity index (χ3v) is 4.12. The topological polar surface area (TPSA) is 89.0 Å². The van der Waals surface area contributed by atoms with Gasteiger partial charge in [-0.2, -0.15) is 0 Å². The Balaban J connectivity index is 0.000000960. The molecule has 2 rings (SSSR count). The molecule has 0 aliphatic carbocycles. The highest BCUT2D eigenvalue weighted by Crippen LogP contribution is 2.18.